The summed E-state index contributed by atoms with van der Waals surface area (Å²) in [6.07, 6.45) is 0.227. The molecule has 2 aliphatic heterocycles. The smallest absolute Gasteiger partial charge is 0.218 e. The van der Waals surface area contributed by atoms with Gasteiger partial charge in [0, 0.05) is 25.2 Å². The quantitative estimate of drug-likeness (QED) is 0.720. The van der Waals surface area contributed by atoms with Crippen LogP contribution in [0.5, 0.6) is 0 Å². The van der Waals surface area contributed by atoms with Crippen LogP contribution < -0.4 is 5.32 Å². The molecule has 106 valence electrons. The Hall–Kier alpha value is -0.180. The fourth-order valence-electron chi connectivity index (χ4n) is 2.61. The molecule has 0 saturated carbocycles. The van der Waals surface area contributed by atoms with E-state index in [1.165, 1.54) is 4.31 Å². The van der Waals surface area contributed by atoms with Gasteiger partial charge in [0.2, 0.25) is 10.0 Å². The van der Waals surface area contributed by atoms with Crippen molar-refractivity contribution in [1.29, 1.82) is 0 Å². The van der Waals surface area contributed by atoms with E-state index in [0.29, 0.717) is 19.6 Å². The summed E-state index contributed by atoms with van der Waals surface area (Å²) >= 11 is 0. The molecule has 2 rings (SSSR count). The number of nitrogens with one attached hydrogen (secondary N) is 1. The monoisotopic (exact) mass is 296 g/mol. The molecule has 2 heterocycles. The standard InChI is InChI=1S/C10H20N2O4S2/c1-10(2)8-11-4-5-12(10)18(15,16)9-3-6-17(13,14)7-9/h9,11H,3-8H2,1-2H3. The van der Waals surface area contributed by atoms with Crippen LogP contribution in [0.4, 0.5) is 0 Å². The summed E-state index contributed by atoms with van der Waals surface area (Å²) in [6, 6.07) is 0. The van der Waals surface area contributed by atoms with Crippen LogP contribution in [0.25, 0.3) is 0 Å². The van der Waals surface area contributed by atoms with E-state index < -0.39 is 30.6 Å². The molecular weight excluding hydrogens is 276 g/mol. The topological polar surface area (TPSA) is 83.6 Å². The summed E-state index contributed by atoms with van der Waals surface area (Å²) < 4.78 is 49.4. The molecule has 2 saturated heterocycles. The summed E-state index contributed by atoms with van der Waals surface area (Å²) in [5.41, 5.74) is -0.497. The molecule has 6 nitrogen and oxygen atoms in total. The number of sulfonamides is 1. The second kappa shape index (κ2) is 4.43. The molecule has 2 aliphatic rings. The molecule has 8 heteroatoms. The zero-order chi connectivity index (χ0) is 13.6. The van der Waals surface area contributed by atoms with E-state index in [9.17, 15) is 16.8 Å². The van der Waals surface area contributed by atoms with Crippen molar-refractivity contribution in [3.8, 4) is 0 Å². The van der Waals surface area contributed by atoms with Crippen molar-refractivity contribution in [2.75, 3.05) is 31.1 Å². The Labute approximate surface area is 109 Å². The van der Waals surface area contributed by atoms with E-state index in [2.05, 4.69) is 5.32 Å². The summed E-state index contributed by atoms with van der Waals surface area (Å²) in [6.45, 7) is 5.33. The molecule has 1 atom stereocenters. The van der Waals surface area contributed by atoms with Crippen LogP contribution in [0.3, 0.4) is 0 Å². The number of nitrogens with zero attached hydrogens (tertiary/aromatic N) is 1. The Bertz CT molecular complexity index is 524. The minimum absolute atomic E-state index is 0.0105. The average molecular weight is 296 g/mol. The molecule has 0 aromatic carbocycles. The molecule has 0 aliphatic carbocycles. The van der Waals surface area contributed by atoms with E-state index in [0.717, 1.165) is 0 Å². The molecule has 1 N–H and O–H groups in total. The Balaban J connectivity index is 2.26. The number of hydrogen-bond donors (Lipinski definition) is 1. The maximum absolute atomic E-state index is 12.5. The lowest BCUT2D eigenvalue weighted by molar-refractivity contribution is 0.184. The first-order valence-corrected chi connectivity index (χ1v) is 9.40. The molecule has 0 amide bonds. The van der Waals surface area contributed by atoms with E-state index >= 15 is 0 Å². The maximum Gasteiger partial charge on any atom is 0.218 e. The lowest BCUT2D eigenvalue weighted by Crippen LogP contribution is -2.61. The number of piperazine rings is 1. The van der Waals surface area contributed by atoms with Crippen LogP contribution in [0.15, 0.2) is 0 Å². The molecule has 18 heavy (non-hydrogen) atoms. The van der Waals surface area contributed by atoms with Crippen LogP contribution in [0.1, 0.15) is 20.3 Å². The molecule has 1 unspecified atom stereocenters. The number of rotatable bonds is 2. The first-order valence-electron chi connectivity index (χ1n) is 6.08. The largest absolute Gasteiger partial charge is 0.314 e. The molecule has 0 radical (unpaired) electrons. The van der Waals surface area contributed by atoms with Crippen molar-refractivity contribution >= 4 is 19.9 Å². The van der Waals surface area contributed by atoms with Crippen molar-refractivity contribution in [2.24, 2.45) is 0 Å². The molecular formula is C10H20N2O4S2. The van der Waals surface area contributed by atoms with E-state index in [1.807, 2.05) is 13.8 Å². The fourth-order valence-corrected chi connectivity index (χ4v) is 7.49. The summed E-state index contributed by atoms with van der Waals surface area (Å²) in [5.74, 6) is -0.237. The maximum atomic E-state index is 12.5. The van der Waals surface area contributed by atoms with Crippen LogP contribution in [-0.4, -0.2) is 63.1 Å². The minimum Gasteiger partial charge on any atom is -0.314 e. The first kappa shape index (κ1) is 14.2. The predicted octanol–water partition coefficient (Wildman–Crippen LogP) is -0.813. The normalized spacial score (nSPS) is 32.4. The second-order valence-corrected chi connectivity index (χ2v) is 10.00. The van der Waals surface area contributed by atoms with Gasteiger partial charge in [-0.3, -0.25) is 0 Å². The van der Waals surface area contributed by atoms with Gasteiger partial charge in [-0.15, -0.1) is 0 Å². The van der Waals surface area contributed by atoms with Crippen molar-refractivity contribution in [1.82, 2.24) is 9.62 Å². The zero-order valence-corrected chi connectivity index (χ0v) is 12.3. The van der Waals surface area contributed by atoms with Crippen LogP contribution in [0.2, 0.25) is 0 Å². The van der Waals surface area contributed by atoms with Gasteiger partial charge in [0.25, 0.3) is 0 Å². The van der Waals surface area contributed by atoms with Gasteiger partial charge in [-0.25, -0.2) is 16.8 Å². The lowest BCUT2D eigenvalue weighted by Gasteiger charge is -2.42. The highest BCUT2D eigenvalue weighted by molar-refractivity contribution is 7.95. The summed E-state index contributed by atoms with van der Waals surface area (Å²) in [4.78, 5) is 0. The van der Waals surface area contributed by atoms with Crippen LogP contribution >= 0.6 is 0 Å². The molecule has 0 spiro atoms. The Morgan fingerprint density at radius 1 is 1.33 bits per heavy atom. The third-order valence-corrected chi connectivity index (χ3v) is 8.16. The first-order chi connectivity index (χ1) is 8.15. The Kier molecular flexibility index (Phi) is 3.50. The van der Waals surface area contributed by atoms with Gasteiger partial charge in [0.05, 0.1) is 16.8 Å². The van der Waals surface area contributed by atoms with Crippen molar-refractivity contribution in [2.45, 2.75) is 31.1 Å². The van der Waals surface area contributed by atoms with Crippen molar-refractivity contribution in [3.05, 3.63) is 0 Å². The van der Waals surface area contributed by atoms with Gasteiger partial charge in [-0.05, 0) is 20.3 Å². The molecule has 0 aromatic heterocycles. The Morgan fingerprint density at radius 3 is 2.50 bits per heavy atom. The second-order valence-electron chi connectivity index (χ2n) is 5.63. The fraction of sp³-hybridized carbons (Fsp3) is 1.00. The van der Waals surface area contributed by atoms with Gasteiger partial charge in [-0.1, -0.05) is 0 Å². The number of sulfone groups is 1. The molecule has 0 bridgehead atoms. The zero-order valence-electron chi connectivity index (χ0n) is 10.7. The average Bonchev–Trinajstić information content (AvgIpc) is 2.58. The predicted molar refractivity (Wildman–Crippen MR) is 69.6 cm³/mol. The van der Waals surface area contributed by atoms with Gasteiger partial charge in [-0.2, -0.15) is 4.31 Å². The summed E-state index contributed by atoms with van der Waals surface area (Å²) in [5, 5.41) is 2.40. The minimum atomic E-state index is -3.53. The SMILES string of the molecule is CC1(C)CNCCN1S(=O)(=O)C1CCS(=O)(=O)C1. The lowest BCUT2D eigenvalue weighted by atomic mass is 10.0. The Morgan fingerprint density at radius 2 is 2.00 bits per heavy atom. The van der Waals surface area contributed by atoms with Gasteiger partial charge in [0.1, 0.15) is 0 Å². The highest BCUT2D eigenvalue weighted by atomic mass is 32.2. The molecule has 2 fully saturated rings. The highest BCUT2D eigenvalue weighted by Crippen LogP contribution is 2.28. The van der Waals surface area contributed by atoms with E-state index in [1.54, 1.807) is 0 Å². The third-order valence-electron chi connectivity index (χ3n) is 3.64. The summed E-state index contributed by atoms with van der Waals surface area (Å²) in [7, 11) is -6.70. The van der Waals surface area contributed by atoms with Crippen molar-refractivity contribution < 1.29 is 16.8 Å². The number of hydrogen-bond acceptors (Lipinski definition) is 5. The highest BCUT2D eigenvalue weighted by Gasteiger charge is 2.45. The van der Waals surface area contributed by atoms with Crippen LogP contribution in [-0.2, 0) is 19.9 Å². The van der Waals surface area contributed by atoms with Gasteiger partial charge >= 0.3 is 0 Å². The van der Waals surface area contributed by atoms with Crippen molar-refractivity contribution in [3.63, 3.8) is 0 Å². The third kappa shape index (κ3) is 2.56. The molecule has 0 aromatic rings. The van der Waals surface area contributed by atoms with E-state index in [-0.39, 0.29) is 17.9 Å². The van der Waals surface area contributed by atoms with Gasteiger partial charge < -0.3 is 5.32 Å². The van der Waals surface area contributed by atoms with E-state index in [4.69, 9.17) is 0 Å². The van der Waals surface area contributed by atoms with Crippen LogP contribution in [0, 0.1) is 0 Å². The van der Waals surface area contributed by atoms with Gasteiger partial charge in [0.15, 0.2) is 9.84 Å².